The second-order valence-electron chi connectivity index (χ2n) is 4.65. The minimum atomic E-state index is -0.0509. The fourth-order valence-electron chi connectivity index (χ4n) is 2.11. The summed E-state index contributed by atoms with van der Waals surface area (Å²) in [6.45, 7) is 2.04. The maximum absolute atomic E-state index is 12.4. The van der Waals surface area contributed by atoms with Gasteiger partial charge in [-0.25, -0.2) is 0 Å². The van der Waals surface area contributed by atoms with Crippen molar-refractivity contribution in [2.24, 2.45) is 0 Å². The Bertz CT molecular complexity index is 600. The Kier molecular flexibility index (Phi) is 4.41. The lowest BCUT2D eigenvalue weighted by atomic mass is 9.99. The molecule has 0 aromatic heterocycles. The number of carbonyl (C=O) groups is 1. The Balaban J connectivity index is 2.30. The molecular formula is C17H18O3. The van der Waals surface area contributed by atoms with Gasteiger partial charge in [-0.15, -0.1) is 0 Å². The summed E-state index contributed by atoms with van der Waals surface area (Å²) in [5.74, 6) is 0.919. The molecule has 1 N–H and O–H groups in total. The number of carbonyl (C=O) groups excluding carboxylic acids is 1. The molecule has 0 aliphatic rings. The highest BCUT2D eigenvalue weighted by Crippen LogP contribution is 2.22. The Morgan fingerprint density at radius 3 is 2.35 bits per heavy atom. The largest absolute Gasteiger partial charge is 0.508 e. The number of ether oxygens (including phenoxy) is 1. The number of methoxy groups -OCH3 is 1. The van der Waals surface area contributed by atoms with Crippen LogP contribution < -0.4 is 4.74 Å². The summed E-state index contributed by atoms with van der Waals surface area (Å²) in [5.41, 5.74) is 2.02. The zero-order chi connectivity index (χ0) is 14.5. The number of ketones is 1. The summed E-state index contributed by atoms with van der Waals surface area (Å²) >= 11 is 0. The molecular weight excluding hydrogens is 252 g/mol. The third-order valence-electron chi connectivity index (χ3n) is 3.21. The van der Waals surface area contributed by atoms with E-state index < -0.39 is 0 Å². The average Bonchev–Trinajstić information content (AvgIpc) is 2.49. The van der Waals surface area contributed by atoms with Gasteiger partial charge in [0.05, 0.1) is 7.11 Å². The highest BCUT2D eigenvalue weighted by atomic mass is 16.5. The zero-order valence-corrected chi connectivity index (χ0v) is 11.7. The first-order chi connectivity index (χ1) is 9.65. The molecule has 0 aliphatic heterocycles. The molecule has 0 aliphatic carbocycles. The number of phenolic OH excluding ortho intramolecular Hbond substituents is 1. The van der Waals surface area contributed by atoms with Crippen molar-refractivity contribution in [3.63, 3.8) is 0 Å². The topological polar surface area (TPSA) is 46.5 Å². The van der Waals surface area contributed by atoms with E-state index in [9.17, 15) is 9.90 Å². The van der Waals surface area contributed by atoms with Gasteiger partial charge < -0.3 is 9.84 Å². The van der Waals surface area contributed by atoms with Crippen molar-refractivity contribution in [3.8, 4) is 11.5 Å². The molecule has 2 rings (SSSR count). The van der Waals surface area contributed by atoms with Crippen LogP contribution in [0, 0.1) is 0 Å². The van der Waals surface area contributed by atoms with Crippen molar-refractivity contribution >= 4 is 5.78 Å². The first-order valence-corrected chi connectivity index (χ1v) is 6.66. The summed E-state index contributed by atoms with van der Waals surface area (Å²) in [5, 5.41) is 9.76. The van der Waals surface area contributed by atoms with Gasteiger partial charge in [-0.2, -0.15) is 0 Å². The van der Waals surface area contributed by atoms with Gasteiger partial charge in [-0.05, 0) is 54.4 Å². The van der Waals surface area contributed by atoms with E-state index in [4.69, 9.17) is 4.74 Å². The first-order valence-electron chi connectivity index (χ1n) is 6.66. The maximum atomic E-state index is 12.4. The van der Waals surface area contributed by atoms with Crippen molar-refractivity contribution in [3.05, 3.63) is 59.2 Å². The number of benzene rings is 2. The van der Waals surface area contributed by atoms with Crippen molar-refractivity contribution in [2.75, 3.05) is 7.11 Å². The summed E-state index contributed by atoms with van der Waals surface area (Å²) < 4.78 is 5.08. The van der Waals surface area contributed by atoms with Crippen molar-refractivity contribution in [1.82, 2.24) is 0 Å². The molecule has 0 spiro atoms. The lowest BCUT2D eigenvalue weighted by Gasteiger charge is -2.07. The van der Waals surface area contributed by atoms with Gasteiger partial charge in [0, 0.05) is 11.1 Å². The smallest absolute Gasteiger partial charge is 0.193 e. The van der Waals surface area contributed by atoms with Crippen LogP contribution in [0.4, 0.5) is 0 Å². The highest BCUT2D eigenvalue weighted by Gasteiger charge is 2.11. The molecule has 2 aromatic carbocycles. The molecule has 3 heteroatoms. The number of rotatable bonds is 5. The molecule has 104 valence electrons. The number of phenols is 1. The average molecular weight is 270 g/mol. The van der Waals surface area contributed by atoms with E-state index in [0.29, 0.717) is 11.1 Å². The second kappa shape index (κ2) is 6.24. The Labute approximate surface area is 118 Å². The third kappa shape index (κ3) is 2.99. The molecule has 0 radical (unpaired) electrons. The molecule has 0 saturated heterocycles. The summed E-state index contributed by atoms with van der Waals surface area (Å²) in [6, 6.07) is 12.0. The van der Waals surface area contributed by atoms with Gasteiger partial charge >= 0.3 is 0 Å². The monoisotopic (exact) mass is 270 g/mol. The molecule has 0 heterocycles. The maximum Gasteiger partial charge on any atom is 0.193 e. The Morgan fingerprint density at radius 1 is 1.10 bits per heavy atom. The van der Waals surface area contributed by atoms with Crippen LogP contribution in [0.2, 0.25) is 0 Å². The number of hydrogen-bond donors (Lipinski definition) is 1. The van der Waals surface area contributed by atoms with Crippen LogP contribution in [0.3, 0.4) is 0 Å². The minimum Gasteiger partial charge on any atom is -0.508 e. The minimum absolute atomic E-state index is 0.0509. The third-order valence-corrected chi connectivity index (χ3v) is 3.21. The van der Waals surface area contributed by atoms with Gasteiger partial charge in [0.2, 0.25) is 0 Å². The van der Waals surface area contributed by atoms with Crippen LogP contribution in [0.5, 0.6) is 11.5 Å². The van der Waals surface area contributed by atoms with E-state index in [1.165, 1.54) is 0 Å². The highest BCUT2D eigenvalue weighted by molar-refractivity contribution is 6.09. The normalized spacial score (nSPS) is 10.3. The predicted molar refractivity (Wildman–Crippen MR) is 78.5 cm³/mol. The Morgan fingerprint density at radius 2 is 1.75 bits per heavy atom. The van der Waals surface area contributed by atoms with Crippen molar-refractivity contribution < 1.29 is 14.6 Å². The van der Waals surface area contributed by atoms with Crippen LogP contribution in [0.25, 0.3) is 0 Å². The molecule has 0 atom stereocenters. The molecule has 0 unspecified atom stereocenters. The standard InChI is InChI=1S/C17H18O3/c1-3-4-13-11-14(7-10-16(13)18)17(19)12-5-8-15(20-2)9-6-12/h5-11,18H,3-4H2,1-2H3. The molecule has 20 heavy (non-hydrogen) atoms. The second-order valence-corrected chi connectivity index (χ2v) is 4.65. The quantitative estimate of drug-likeness (QED) is 0.845. The van der Waals surface area contributed by atoms with E-state index >= 15 is 0 Å². The SMILES string of the molecule is CCCc1cc(C(=O)c2ccc(OC)cc2)ccc1O. The summed E-state index contributed by atoms with van der Waals surface area (Å²) in [7, 11) is 1.59. The van der Waals surface area contributed by atoms with E-state index in [0.717, 1.165) is 24.2 Å². The van der Waals surface area contributed by atoms with Gasteiger partial charge in [-0.3, -0.25) is 4.79 Å². The van der Waals surface area contributed by atoms with E-state index in [2.05, 4.69) is 0 Å². The fourth-order valence-corrected chi connectivity index (χ4v) is 2.11. The molecule has 2 aromatic rings. The van der Waals surface area contributed by atoms with E-state index in [1.807, 2.05) is 6.92 Å². The van der Waals surface area contributed by atoms with Crippen LogP contribution >= 0.6 is 0 Å². The molecule has 0 amide bonds. The molecule has 3 nitrogen and oxygen atoms in total. The van der Waals surface area contributed by atoms with Crippen LogP contribution in [-0.4, -0.2) is 18.0 Å². The van der Waals surface area contributed by atoms with Crippen LogP contribution in [0.15, 0.2) is 42.5 Å². The summed E-state index contributed by atoms with van der Waals surface area (Å²) in [6.07, 6.45) is 1.68. The van der Waals surface area contributed by atoms with Crippen LogP contribution in [-0.2, 0) is 6.42 Å². The van der Waals surface area contributed by atoms with E-state index in [1.54, 1.807) is 49.6 Å². The van der Waals surface area contributed by atoms with Gasteiger partial charge in [0.15, 0.2) is 5.78 Å². The van der Waals surface area contributed by atoms with Gasteiger partial charge in [0.1, 0.15) is 11.5 Å². The Hall–Kier alpha value is -2.29. The van der Waals surface area contributed by atoms with E-state index in [-0.39, 0.29) is 11.5 Å². The molecule has 0 bridgehead atoms. The summed E-state index contributed by atoms with van der Waals surface area (Å²) in [4.78, 5) is 12.4. The zero-order valence-electron chi connectivity index (χ0n) is 11.7. The molecule has 0 saturated carbocycles. The lowest BCUT2D eigenvalue weighted by molar-refractivity contribution is 0.103. The van der Waals surface area contributed by atoms with Crippen molar-refractivity contribution in [2.45, 2.75) is 19.8 Å². The van der Waals surface area contributed by atoms with Gasteiger partial charge in [0.25, 0.3) is 0 Å². The lowest BCUT2D eigenvalue weighted by Crippen LogP contribution is -2.02. The first kappa shape index (κ1) is 14.1. The number of aromatic hydroxyl groups is 1. The fraction of sp³-hybridized carbons (Fsp3) is 0.235. The number of aryl methyl sites for hydroxylation is 1. The van der Waals surface area contributed by atoms with Crippen molar-refractivity contribution in [1.29, 1.82) is 0 Å². The van der Waals surface area contributed by atoms with Gasteiger partial charge in [-0.1, -0.05) is 13.3 Å². The van der Waals surface area contributed by atoms with Crippen LogP contribution in [0.1, 0.15) is 34.8 Å². The predicted octanol–water partition coefficient (Wildman–Crippen LogP) is 3.58. The number of hydrogen-bond acceptors (Lipinski definition) is 3. The molecule has 0 fully saturated rings.